The van der Waals surface area contributed by atoms with Gasteiger partial charge in [0.15, 0.2) is 0 Å². The Morgan fingerprint density at radius 3 is 2.74 bits per heavy atom. The van der Waals surface area contributed by atoms with E-state index >= 15 is 0 Å². The fourth-order valence-corrected chi connectivity index (χ4v) is 2.87. The Hall–Kier alpha value is -2.27. The Labute approximate surface area is 113 Å². The van der Waals surface area contributed by atoms with Crippen LogP contribution in [-0.2, 0) is 6.42 Å². The monoisotopic (exact) mass is 248 g/mol. The highest BCUT2D eigenvalue weighted by atomic mass is 15.2. The van der Waals surface area contributed by atoms with Crippen molar-refractivity contribution in [2.75, 3.05) is 4.90 Å². The number of anilines is 2. The van der Waals surface area contributed by atoms with Gasteiger partial charge in [0, 0.05) is 11.7 Å². The van der Waals surface area contributed by atoms with Gasteiger partial charge in [0.05, 0.1) is 11.3 Å². The molecule has 0 saturated heterocycles. The minimum atomic E-state index is 0.395. The van der Waals surface area contributed by atoms with E-state index in [1.807, 2.05) is 12.1 Å². The maximum absolute atomic E-state index is 9.33. The summed E-state index contributed by atoms with van der Waals surface area (Å²) in [7, 11) is 0. The largest absolute Gasteiger partial charge is 0.337 e. The molecule has 19 heavy (non-hydrogen) atoms. The molecule has 1 atom stereocenters. The first-order valence-electron chi connectivity index (χ1n) is 6.58. The number of nitrogens with zero attached hydrogens (tertiary/aromatic N) is 2. The van der Waals surface area contributed by atoms with Crippen LogP contribution >= 0.6 is 0 Å². The van der Waals surface area contributed by atoms with Gasteiger partial charge < -0.3 is 4.90 Å². The molecule has 1 heterocycles. The van der Waals surface area contributed by atoms with Gasteiger partial charge in [0.1, 0.15) is 6.07 Å². The van der Waals surface area contributed by atoms with Crippen molar-refractivity contribution in [2.45, 2.75) is 26.3 Å². The van der Waals surface area contributed by atoms with E-state index in [1.165, 1.54) is 16.8 Å². The second-order valence-electron chi connectivity index (χ2n) is 5.18. The molecule has 2 aromatic carbocycles. The highest BCUT2D eigenvalue weighted by Gasteiger charge is 2.28. The molecular weight excluding hydrogens is 232 g/mol. The van der Waals surface area contributed by atoms with Crippen LogP contribution in [0.3, 0.4) is 0 Å². The summed E-state index contributed by atoms with van der Waals surface area (Å²) in [6, 6.07) is 17.2. The highest BCUT2D eigenvalue weighted by Crippen LogP contribution is 2.39. The second kappa shape index (κ2) is 4.44. The summed E-state index contributed by atoms with van der Waals surface area (Å²) in [5.74, 6) is 0. The van der Waals surface area contributed by atoms with Crippen molar-refractivity contribution in [2.24, 2.45) is 0 Å². The van der Waals surface area contributed by atoms with E-state index in [2.05, 4.69) is 55.1 Å². The standard InChI is InChI=1S/C17H16N2/c1-12-7-8-15(11-18)17(9-12)19-13(2)10-14-5-3-4-6-16(14)19/h3-9,13H,10H2,1-2H3. The van der Waals surface area contributed by atoms with Crippen molar-refractivity contribution >= 4 is 11.4 Å². The second-order valence-corrected chi connectivity index (χ2v) is 5.18. The molecule has 0 aromatic heterocycles. The molecule has 0 N–H and O–H groups in total. The van der Waals surface area contributed by atoms with Crippen LogP contribution in [0.4, 0.5) is 11.4 Å². The van der Waals surface area contributed by atoms with Crippen molar-refractivity contribution < 1.29 is 0 Å². The Balaban J connectivity index is 2.18. The molecule has 1 aliphatic heterocycles. The van der Waals surface area contributed by atoms with Crippen LogP contribution in [-0.4, -0.2) is 6.04 Å². The molecule has 3 rings (SSSR count). The summed E-state index contributed by atoms with van der Waals surface area (Å²) in [5, 5.41) is 9.33. The van der Waals surface area contributed by atoms with Crippen LogP contribution in [0.1, 0.15) is 23.6 Å². The van der Waals surface area contributed by atoms with E-state index in [0.717, 1.165) is 17.7 Å². The molecule has 0 aliphatic carbocycles. The number of hydrogen-bond donors (Lipinski definition) is 0. The maximum Gasteiger partial charge on any atom is 0.101 e. The number of rotatable bonds is 1. The lowest BCUT2D eigenvalue weighted by Gasteiger charge is -2.26. The molecule has 94 valence electrons. The number of fused-ring (bicyclic) bond motifs is 1. The van der Waals surface area contributed by atoms with Crippen molar-refractivity contribution in [3.63, 3.8) is 0 Å². The minimum Gasteiger partial charge on any atom is -0.337 e. The molecule has 0 saturated carbocycles. The first-order valence-corrected chi connectivity index (χ1v) is 6.58. The molecule has 1 unspecified atom stereocenters. The number of benzene rings is 2. The van der Waals surface area contributed by atoms with Gasteiger partial charge in [0.25, 0.3) is 0 Å². The maximum atomic E-state index is 9.33. The first-order chi connectivity index (χ1) is 9.20. The summed E-state index contributed by atoms with van der Waals surface area (Å²) >= 11 is 0. The zero-order valence-electron chi connectivity index (χ0n) is 11.2. The summed E-state index contributed by atoms with van der Waals surface area (Å²) in [5.41, 5.74) is 5.55. The third kappa shape index (κ3) is 1.88. The summed E-state index contributed by atoms with van der Waals surface area (Å²) in [6.07, 6.45) is 1.04. The van der Waals surface area contributed by atoms with E-state index < -0.39 is 0 Å². The number of aryl methyl sites for hydroxylation is 1. The summed E-state index contributed by atoms with van der Waals surface area (Å²) in [6.45, 7) is 4.28. The fraction of sp³-hybridized carbons (Fsp3) is 0.235. The van der Waals surface area contributed by atoms with Crippen LogP contribution in [0, 0.1) is 18.3 Å². The molecule has 0 fully saturated rings. The van der Waals surface area contributed by atoms with Crippen LogP contribution in [0.2, 0.25) is 0 Å². The third-order valence-corrected chi connectivity index (χ3v) is 3.74. The van der Waals surface area contributed by atoms with Gasteiger partial charge in [-0.05, 0) is 49.6 Å². The quantitative estimate of drug-likeness (QED) is 0.764. The van der Waals surface area contributed by atoms with Gasteiger partial charge in [-0.1, -0.05) is 24.3 Å². The van der Waals surface area contributed by atoms with E-state index in [-0.39, 0.29) is 0 Å². The Morgan fingerprint density at radius 1 is 1.16 bits per heavy atom. The smallest absolute Gasteiger partial charge is 0.101 e. The molecule has 2 aromatic rings. The van der Waals surface area contributed by atoms with Gasteiger partial charge in [-0.2, -0.15) is 5.26 Å². The predicted octanol–water partition coefficient (Wildman–Crippen LogP) is 3.95. The average Bonchev–Trinajstić information content (AvgIpc) is 2.74. The zero-order valence-corrected chi connectivity index (χ0v) is 11.2. The predicted molar refractivity (Wildman–Crippen MR) is 77.6 cm³/mol. The van der Waals surface area contributed by atoms with E-state index in [4.69, 9.17) is 0 Å². The van der Waals surface area contributed by atoms with Crippen LogP contribution in [0.15, 0.2) is 42.5 Å². The lowest BCUT2D eigenvalue weighted by Crippen LogP contribution is -2.24. The SMILES string of the molecule is Cc1ccc(C#N)c(N2c3ccccc3CC2C)c1. The van der Waals surface area contributed by atoms with Gasteiger partial charge in [-0.3, -0.25) is 0 Å². The number of hydrogen-bond acceptors (Lipinski definition) is 2. The summed E-state index contributed by atoms with van der Waals surface area (Å²) in [4.78, 5) is 2.29. The van der Waals surface area contributed by atoms with Crippen molar-refractivity contribution in [3.05, 3.63) is 59.2 Å². The fourth-order valence-electron chi connectivity index (χ4n) is 2.87. The normalized spacial score (nSPS) is 17.1. The van der Waals surface area contributed by atoms with Gasteiger partial charge in [-0.25, -0.2) is 0 Å². The van der Waals surface area contributed by atoms with Gasteiger partial charge >= 0.3 is 0 Å². The Kier molecular flexibility index (Phi) is 2.76. The van der Waals surface area contributed by atoms with Crippen LogP contribution in [0.25, 0.3) is 0 Å². The first kappa shape index (κ1) is 11.8. The van der Waals surface area contributed by atoms with E-state index in [0.29, 0.717) is 6.04 Å². The minimum absolute atomic E-state index is 0.395. The molecule has 1 aliphatic rings. The number of nitriles is 1. The highest BCUT2D eigenvalue weighted by molar-refractivity contribution is 5.75. The Bertz CT molecular complexity index is 667. The van der Waals surface area contributed by atoms with Crippen LogP contribution in [0.5, 0.6) is 0 Å². The number of para-hydroxylation sites is 1. The van der Waals surface area contributed by atoms with Gasteiger partial charge in [-0.15, -0.1) is 0 Å². The van der Waals surface area contributed by atoms with Gasteiger partial charge in [0.2, 0.25) is 0 Å². The zero-order chi connectivity index (χ0) is 13.4. The lowest BCUT2D eigenvalue weighted by atomic mass is 10.1. The molecule has 0 bridgehead atoms. The molecule has 0 spiro atoms. The molecule has 2 heteroatoms. The van der Waals surface area contributed by atoms with Crippen molar-refractivity contribution in [3.8, 4) is 6.07 Å². The average molecular weight is 248 g/mol. The van der Waals surface area contributed by atoms with Crippen LogP contribution < -0.4 is 4.90 Å². The van der Waals surface area contributed by atoms with E-state index in [9.17, 15) is 5.26 Å². The van der Waals surface area contributed by atoms with E-state index in [1.54, 1.807) is 0 Å². The van der Waals surface area contributed by atoms with Crippen molar-refractivity contribution in [1.82, 2.24) is 0 Å². The molecule has 2 nitrogen and oxygen atoms in total. The van der Waals surface area contributed by atoms with Crippen molar-refractivity contribution in [1.29, 1.82) is 5.26 Å². The third-order valence-electron chi connectivity index (χ3n) is 3.74. The Morgan fingerprint density at radius 2 is 1.95 bits per heavy atom. The topological polar surface area (TPSA) is 27.0 Å². The molecule has 0 radical (unpaired) electrons. The lowest BCUT2D eigenvalue weighted by molar-refractivity contribution is 0.758. The summed E-state index contributed by atoms with van der Waals surface area (Å²) < 4.78 is 0. The molecule has 0 amide bonds. The molecular formula is C17H16N2.